The molecule has 4 aromatic carbocycles. The smallest absolute Gasteiger partial charge is 0.197 e. The molecule has 4 unspecified atom stereocenters. The van der Waals surface area contributed by atoms with Crippen LogP contribution in [-0.2, 0) is 26.2 Å². The van der Waals surface area contributed by atoms with E-state index in [0.717, 1.165) is 47.7 Å². The molecule has 8 aromatic heterocycles. The zero-order valence-electron chi connectivity index (χ0n) is 65.3. The molecule has 0 amide bonds. The van der Waals surface area contributed by atoms with E-state index < -0.39 is 0 Å². The molecule has 0 aliphatic carbocycles. The zero-order chi connectivity index (χ0) is 76.9. The highest BCUT2D eigenvalue weighted by Crippen LogP contribution is 2.39. The highest BCUT2D eigenvalue weighted by molar-refractivity contribution is 9.10. The third kappa shape index (κ3) is 26.1. The van der Waals surface area contributed by atoms with Gasteiger partial charge < -0.3 is 20.0 Å². The van der Waals surface area contributed by atoms with Crippen molar-refractivity contribution in [2.75, 3.05) is 14.7 Å². The van der Waals surface area contributed by atoms with Crippen molar-refractivity contribution < 1.29 is 0 Å². The van der Waals surface area contributed by atoms with Crippen molar-refractivity contribution in [3.8, 4) is 46.6 Å². The van der Waals surface area contributed by atoms with Crippen LogP contribution < -0.4 is 20.0 Å². The van der Waals surface area contributed by atoms with Gasteiger partial charge in [0.1, 0.15) is 0 Å². The first kappa shape index (κ1) is 92.4. The first-order valence-corrected chi connectivity index (χ1v) is 37.9. The molecule has 16 rings (SSSR count). The number of hydrogen-bond acceptors (Lipinski definition) is 20. The predicted molar refractivity (Wildman–Crippen MR) is 449 cm³/mol. The van der Waals surface area contributed by atoms with Gasteiger partial charge in [-0.15, -0.1) is 0 Å². The zero-order valence-corrected chi connectivity index (χ0v) is 66.9. The fourth-order valence-electron chi connectivity index (χ4n) is 11.0. The Morgan fingerprint density at radius 1 is 0.271 bits per heavy atom. The molecule has 0 spiro atoms. The van der Waals surface area contributed by atoms with E-state index in [4.69, 9.17) is 0 Å². The number of hydrogen-bond donors (Lipinski definition) is 1. The minimum atomic E-state index is 0. The lowest BCUT2D eigenvalue weighted by atomic mass is 10.1. The summed E-state index contributed by atoms with van der Waals surface area (Å²) in [5.41, 5.74) is 14.2. The number of aromatic nitrogens is 16. The van der Waals surface area contributed by atoms with E-state index in [1.54, 1.807) is 86.2 Å². The van der Waals surface area contributed by atoms with Crippen molar-refractivity contribution >= 4 is 33.0 Å². The van der Waals surface area contributed by atoms with Crippen LogP contribution in [0.15, 0.2) is 225 Å². The highest BCUT2D eigenvalue weighted by Gasteiger charge is 2.30. The Kier molecular flexibility index (Phi) is 45.2. The van der Waals surface area contributed by atoms with Crippen LogP contribution in [0.25, 0.3) is 46.6 Å². The van der Waals surface area contributed by atoms with Crippen LogP contribution in [0.4, 0.5) is 17.1 Å². The molecule has 1 N–H and O–H groups in total. The van der Waals surface area contributed by atoms with Gasteiger partial charge in [-0.3, -0.25) is 0 Å². The van der Waals surface area contributed by atoms with Gasteiger partial charge in [0.15, 0.2) is 46.6 Å². The highest BCUT2D eigenvalue weighted by atomic mass is 79.9. The monoisotopic (exact) mass is 1510 g/mol. The van der Waals surface area contributed by atoms with Gasteiger partial charge in [-0.05, 0) is 112 Å². The van der Waals surface area contributed by atoms with E-state index in [9.17, 15) is 0 Å². The minimum Gasteiger partial charge on any atom is -0.358 e. The molecule has 107 heavy (non-hydrogen) atoms. The summed E-state index contributed by atoms with van der Waals surface area (Å²) < 4.78 is 0.840. The summed E-state index contributed by atoms with van der Waals surface area (Å²) in [5, 5.41) is 3.38. The van der Waals surface area contributed by atoms with Gasteiger partial charge in [0.2, 0.25) is 0 Å². The summed E-state index contributed by atoms with van der Waals surface area (Å²) >= 11 is 3.25. The second-order valence-electron chi connectivity index (χ2n) is 21.1. The second kappa shape index (κ2) is 52.3. The third-order valence-corrected chi connectivity index (χ3v) is 16.1. The molecular weight excluding hydrogens is 1390 g/mol. The van der Waals surface area contributed by atoms with Gasteiger partial charge in [-0.1, -0.05) is 223 Å². The maximum atomic E-state index is 4.41. The maximum Gasteiger partial charge on any atom is 0.197 e. The predicted octanol–water partition coefficient (Wildman–Crippen LogP) is 22.1. The molecule has 568 valence electrons. The van der Waals surface area contributed by atoms with Gasteiger partial charge >= 0.3 is 0 Å². The van der Waals surface area contributed by atoms with Crippen molar-refractivity contribution in [1.82, 2.24) is 85.1 Å². The molecule has 0 saturated heterocycles. The van der Waals surface area contributed by atoms with Crippen LogP contribution in [0.1, 0.15) is 222 Å². The third-order valence-electron chi connectivity index (χ3n) is 15.7. The van der Waals surface area contributed by atoms with E-state index in [-0.39, 0.29) is 14.9 Å². The van der Waals surface area contributed by atoms with E-state index in [1.165, 1.54) is 44.5 Å². The van der Waals surface area contributed by atoms with Crippen LogP contribution >= 0.6 is 15.9 Å². The van der Waals surface area contributed by atoms with Crippen LogP contribution in [0.3, 0.4) is 0 Å². The van der Waals surface area contributed by atoms with Crippen LogP contribution in [0, 0.1) is 0 Å². The molecule has 4 aliphatic rings. The number of benzene rings is 4. The van der Waals surface area contributed by atoms with E-state index >= 15 is 0 Å². The quantitative estimate of drug-likeness (QED) is 0.156. The van der Waals surface area contributed by atoms with Crippen molar-refractivity contribution in [2.45, 2.75) is 204 Å². The van der Waals surface area contributed by atoms with Gasteiger partial charge in [0.05, 0.1) is 76.8 Å². The summed E-state index contributed by atoms with van der Waals surface area (Å²) in [4.78, 5) is 74.6. The van der Waals surface area contributed by atoms with Crippen molar-refractivity contribution in [1.29, 1.82) is 0 Å². The fourth-order valence-corrected chi connectivity index (χ4v) is 11.2. The van der Waals surface area contributed by atoms with E-state index in [0.29, 0.717) is 70.8 Å². The molecule has 12 heterocycles. The first-order chi connectivity index (χ1) is 51.7. The summed E-state index contributed by atoms with van der Waals surface area (Å²) in [5.74, 6) is 4.36. The summed E-state index contributed by atoms with van der Waals surface area (Å²) in [6, 6.07) is 42.8. The Hall–Kier alpha value is -10.6. The van der Waals surface area contributed by atoms with Crippen LogP contribution in [0.5, 0.6) is 0 Å². The van der Waals surface area contributed by atoms with Gasteiger partial charge in [-0.2, -0.15) is 0 Å². The van der Waals surface area contributed by atoms with Crippen molar-refractivity contribution in [2.24, 2.45) is 0 Å². The molecular formula is C86H117BrN20. The number of nitrogens with one attached hydrogen (secondary N) is 1. The van der Waals surface area contributed by atoms with Crippen LogP contribution in [0.2, 0.25) is 0 Å². The number of halogens is 1. The fraction of sp³-hybridized carbons (Fsp3) is 0.349. The largest absolute Gasteiger partial charge is 0.358 e. The topological polar surface area (TPSA) is 228 Å². The van der Waals surface area contributed by atoms with Crippen LogP contribution in [-0.4, -0.2) is 79.7 Å². The van der Waals surface area contributed by atoms with E-state index in [1.807, 2.05) is 148 Å². The van der Waals surface area contributed by atoms with Gasteiger partial charge in [0.25, 0.3) is 0 Å². The lowest BCUT2D eigenvalue weighted by Gasteiger charge is -2.23. The molecule has 4 aliphatic heterocycles. The maximum absolute atomic E-state index is 4.41. The SMILES string of the molecule is Brc1cnc(-c2ncccn2)nc1.C.C.CC.CC.CC.CC.CC.CC.CC.CC.CC1NCc2ccccc21.CC1c2ccccc2CN1c1cnc(-c2ncccn2)nc1.CC1c2ccccc2CN1c1cnc(-c2ncccn2)nc1.CC1c2ccccc2CN1c1cnc(-c2ncccn2)nc1. The Morgan fingerprint density at radius 2 is 0.477 bits per heavy atom. The van der Waals surface area contributed by atoms with E-state index in [2.05, 4.69) is 240 Å². The second-order valence-corrected chi connectivity index (χ2v) is 22.0. The number of fused-ring (bicyclic) bond motifs is 4. The number of rotatable bonds is 7. The van der Waals surface area contributed by atoms with Gasteiger partial charge in [-0.25, -0.2) is 79.7 Å². The normalized spacial score (nSPS) is 14.0. The Balaban J connectivity index is 0.000000440. The van der Waals surface area contributed by atoms with Crippen molar-refractivity contribution in [3.05, 3.63) is 269 Å². The average molecular weight is 1510 g/mol. The number of anilines is 3. The minimum absolute atomic E-state index is 0. The lowest BCUT2D eigenvalue weighted by molar-refractivity contribution is 0.633. The molecule has 0 saturated carbocycles. The lowest BCUT2D eigenvalue weighted by Crippen LogP contribution is -2.19. The summed E-state index contributed by atoms with van der Waals surface area (Å²) in [7, 11) is 0. The number of nitrogens with zero attached hydrogens (tertiary/aromatic N) is 19. The molecule has 20 nitrogen and oxygen atoms in total. The molecule has 0 bridgehead atoms. The molecule has 12 aromatic rings. The van der Waals surface area contributed by atoms with Gasteiger partial charge in [0, 0.05) is 94.2 Å². The van der Waals surface area contributed by atoms with Crippen molar-refractivity contribution in [3.63, 3.8) is 0 Å². The summed E-state index contributed by atoms with van der Waals surface area (Å²) in [6.45, 7) is 44.5. The Labute approximate surface area is 648 Å². The Morgan fingerprint density at radius 3 is 0.710 bits per heavy atom. The molecule has 21 heteroatoms. The first-order valence-electron chi connectivity index (χ1n) is 37.1. The Bertz CT molecular complexity index is 3900. The standard InChI is InChI=1S/3C17H15N5.C9H11N.C8H5BrN4.8C2H6.2CH4/c3*1-12-15-6-3-2-5-13(15)11-22(12)14-9-20-17(21-10-14)16-18-7-4-8-19-16;1-7-9-5-3-2-4-8(9)6-10-7;9-6-4-12-8(13-5-6)7-10-2-1-3-11-7;8*1-2;;/h3*2-10,12H,11H2,1H3;2-5,7,10H,6H2,1H3;1-5H;8*1-2H3;2*1H4. The molecule has 0 radical (unpaired) electrons. The summed E-state index contributed by atoms with van der Waals surface area (Å²) in [6.07, 6.45) is 27.9. The molecule has 4 atom stereocenters. The molecule has 0 fully saturated rings. The average Bonchev–Trinajstić information content (AvgIpc) is 1.67.